The number of carbonyl (C=O) groups is 1. The summed E-state index contributed by atoms with van der Waals surface area (Å²) in [5, 5.41) is 6.01. The van der Waals surface area contributed by atoms with Crippen molar-refractivity contribution in [3.05, 3.63) is 30.3 Å². The maximum Gasteiger partial charge on any atom is 0.248 e. The van der Waals surface area contributed by atoms with E-state index in [9.17, 15) is 4.79 Å². The molecular formula is C16H22N2O2. The highest BCUT2D eigenvalue weighted by Gasteiger charge is 2.30. The van der Waals surface area contributed by atoms with Crippen LogP contribution in [-0.4, -0.2) is 29.8 Å². The summed E-state index contributed by atoms with van der Waals surface area (Å²) in [6.45, 7) is 7.46. The van der Waals surface area contributed by atoms with E-state index in [1.165, 1.54) is 0 Å². The standard InChI is InChI=1S/C16H22N2O2/c1-16(2,3)14-12-15(19)18(17-14)10-7-11-20-13-8-5-4-6-9-13/h4-6,8-9H,7,10-12H2,1-3H3. The predicted octanol–water partition coefficient (Wildman–Crippen LogP) is 3.09. The lowest BCUT2D eigenvalue weighted by Gasteiger charge is -2.16. The van der Waals surface area contributed by atoms with Crippen molar-refractivity contribution in [1.29, 1.82) is 0 Å². The van der Waals surface area contributed by atoms with Crippen LogP contribution in [0.2, 0.25) is 0 Å². The number of hydrazone groups is 1. The van der Waals surface area contributed by atoms with Gasteiger partial charge >= 0.3 is 0 Å². The zero-order valence-corrected chi connectivity index (χ0v) is 12.4. The Morgan fingerprint density at radius 3 is 2.55 bits per heavy atom. The van der Waals surface area contributed by atoms with Crippen LogP contribution in [0.4, 0.5) is 0 Å². The van der Waals surface area contributed by atoms with Crippen molar-refractivity contribution in [1.82, 2.24) is 5.01 Å². The molecule has 0 saturated heterocycles. The van der Waals surface area contributed by atoms with Gasteiger partial charge in [0.15, 0.2) is 0 Å². The Labute approximate surface area is 120 Å². The van der Waals surface area contributed by atoms with Gasteiger partial charge in [0, 0.05) is 18.4 Å². The third-order valence-electron chi connectivity index (χ3n) is 3.24. The van der Waals surface area contributed by atoms with Gasteiger partial charge in [0.05, 0.1) is 18.7 Å². The molecule has 1 heterocycles. The number of nitrogens with zero attached hydrogens (tertiary/aromatic N) is 2. The average Bonchev–Trinajstić information content (AvgIpc) is 2.77. The Morgan fingerprint density at radius 1 is 1.25 bits per heavy atom. The molecule has 1 aromatic carbocycles. The number of amides is 1. The molecule has 1 aromatic rings. The number of benzene rings is 1. The molecule has 20 heavy (non-hydrogen) atoms. The van der Waals surface area contributed by atoms with E-state index < -0.39 is 0 Å². The zero-order chi connectivity index (χ0) is 14.6. The first-order chi connectivity index (χ1) is 9.47. The minimum atomic E-state index is -0.0368. The maximum absolute atomic E-state index is 11.9. The van der Waals surface area contributed by atoms with E-state index >= 15 is 0 Å². The third-order valence-corrected chi connectivity index (χ3v) is 3.24. The largest absolute Gasteiger partial charge is 0.494 e. The molecule has 1 aliphatic heterocycles. The molecule has 0 unspecified atom stereocenters. The number of hydrogen-bond acceptors (Lipinski definition) is 3. The summed E-state index contributed by atoms with van der Waals surface area (Å²) in [7, 11) is 0. The lowest BCUT2D eigenvalue weighted by atomic mass is 9.88. The van der Waals surface area contributed by atoms with Crippen LogP contribution in [0.5, 0.6) is 5.75 Å². The van der Waals surface area contributed by atoms with Gasteiger partial charge in [0.25, 0.3) is 0 Å². The fourth-order valence-corrected chi connectivity index (χ4v) is 1.98. The first-order valence-electron chi connectivity index (χ1n) is 7.03. The van der Waals surface area contributed by atoms with Gasteiger partial charge in [0.2, 0.25) is 5.91 Å². The molecule has 0 fully saturated rings. The molecule has 0 aromatic heterocycles. The summed E-state index contributed by atoms with van der Waals surface area (Å²) in [6.07, 6.45) is 1.23. The highest BCUT2D eigenvalue weighted by Crippen LogP contribution is 2.24. The van der Waals surface area contributed by atoms with Crippen LogP contribution >= 0.6 is 0 Å². The van der Waals surface area contributed by atoms with E-state index in [1.54, 1.807) is 5.01 Å². The lowest BCUT2D eigenvalue weighted by Crippen LogP contribution is -2.23. The van der Waals surface area contributed by atoms with E-state index in [2.05, 4.69) is 25.9 Å². The SMILES string of the molecule is CC(C)(C)C1=NN(CCCOc2ccccc2)C(=O)C1. The number of ether oxygens (including phenoxy) is 1. The van der Waals surface area contributed by atoms with E-state index in [4.69, 9.17) is 4.74 Å². The second-order valence-corrected chi connectivity index (χ2v) is 6.01. The summed E-state index contributed by atoms with van der Waals surface area (Å²) in [5.74, 6) is 0.953. The Balaban J connectivity index is 1.77. The van der Waals surface area contributed by atoms with E-state index in [0.717, 1.165) is 17.9 Å². The second kappa shape index (κ2) is 6.07. The normalized spacial score (nSPS) is 15.4. The van der Waals surface area contributed by atoms with Gasteiger partial charge in [-0.2, -0.15) is 5.10 Å². The molecule has 0 spiro atoms. The van der Waals surface area contributed by atoms with Gasteiger partial charge in [-0.3, -0.25) is 4.79 Å². The Morgan fingerprint density at radius 2 is 1.95 bits per heavy atom. The molecule has 0 N–H and O–H groups in total. The van der Waals surface area contributed by atoms with Gasteiger partial charge in [-0.05, 0) is 12.1 Å². The van der Waals surface area contributed by atoms with E-state index in [-0.39, 0.29) is 11.3 Å². The van der Waals surface area contributed by atoms with Gasteiger partial charge < -0.3 is 4.74 Å². The zero-order valence-electron chi connectivity index (χ0n) is 12.4. The highest BCUT2D eigenvalue weighted by atomic mass is 16.5. The van der Waals surface area contributed by atoms with Gasteiger partial charge in [0.1, 0.15) is 5.75 Å². The molecule has 0 saturated carbocycles. The van der Waals surface area contributed by atoms with Crippen molar-refractivity contribution in [2.75, 3.05) is 13.2 Å². The Kier molecular flexibility index (Phi) is 4.42. The number of hydrogen-bond donors (Lipinski definition) is 0. The average molecular weight is 274 g/mol. The van der Waals surface area contributed by atoms with Crippen molar-refractivity contribution >= 4 is 11.6 Å². The summed E-state index contributed by atoms with van der Waals surface area (Å²) in [6, 6.07) is 9.70. The van der Waals surface area contributed by atoms with Gasteiger partial charge in [-0.15, -0.1) is 0 Å². The Hall–Kier alpha value is -1.84. The molecule has 0 aliphatic carbocycles. The predicted molar refractivity (Wildman–Crippen MR) is 79.8 cm³/mol. The summed E-state index contributed by atoms with van der Waals surface area (Å²) in [5.41, 5.74) is 0.928. The van der Waals surface area contributed by atoms with Crippen molar-refractivity contribution in [3.8, 4) is 5.75 Å². The third kappa shape index (κ3) is 3.83. The smallest absolute Gasteiger partial charge is 0.248 e. The molecular weight excluding hydrogens is 252 g/mol. The number of carbonyl (C=O) groups excluding carboxylic acids is 1. The summed E-state index contributed by atoms with van der Waals surface area (Å²) in [4.78, 5) is 11.9. The van der Waals surface area contributed by atoms with Crippen LogP contribution in [0.1, 0.15) is 33.6 Å². The number of para-hydroxylation sites is 1. The second-order valence-electron chi connectivity index (χ2n) is 6.01. The van der Waals surface area contributed by atoms with E-state index in [1.807, 2.05) is 30.3 Å². The van der Waals surface area contributed by atoms with Crippen LogP contribution in [0.3, 0.4) is 0 Å². The number of rotatable bonds is 5. The molecule has 1 aliphatic rings. The summed E-state index contributed by atoms with van der Waals surface area (Å²) < 4.78 is 5.61. The van der Waals surface area contributed by atoms with Crippen LogP contribution < -0.4 is 4.74 Å². The molecule has 108 valence electrons. The first-order valence-corrected chi connectivity index (χ1v) is 7.03. The molecule has 4 heteroatoms. The fourth-order valence-electron chi connectivity index (χ4n) is 1.98. The monoisotopic (exact) mass is 274 g/mol. The minimum Gasteiger partial charge on any atom is -0.494 e. The lowest BCUT2D eigenvalue weighted by molar-refractivity contribution is -0.128. The first kappa shape index (κ1) is 14.6. The van der Waals surface area contributed by atoms with Crippen molar-refractivity contribution in [2.45, 2.75) is 33.6 Å². The van der Waals surface area contributed by atoms with Crippen molar-refractivity contribution in [3.63, 3.8) is 0 Å². The topological polar surface area (TPSA) is 41.9 Å². The minimum absolute atomic E-state index is 0.0368. The van der Waals surface area contributed by atoms with Gasteiger partial charge in [-0.1, -0.05) is 39.0 Å². The molecule has 0 radical (unpaired) electrons. The summed E-state index contributed by atoms with van der Waals surface area (Å²) >= 11 is 0. The Bertz CT molecular complexity index is 489. The van der Waals surface area contributed by atoms with Gasteiger partial charge in [-0.25, -0.2) is 5.01 Å². The molecule has 0 bridgehead atoms. The van der Waals surface area contributed by atoms with Crippen LogP contribution in [-0.2, 0) is 4.79 Å². The van der Waals surface area contributed by atoms with Crippen LogP contribution in [0.25, 0.3) is 0 Å². The molecule has 0 atom stereocenters. The van der Waals surface area contributed by atoms with Crippen molar-refractivity contribution < 1.29 is 9.53 Å². The quantitative estimate of drug-likeness (QED) is 0.774. The maximum atomic E-state index is 11.9. The van der Waals surface area contributed by atoms with Crippen molar-refractivity contribution in [2.24, 2.45) is 10.5 Å². The highest BCUT2D eigenvalue weighted by molar-refractivity contribution is 6.07. The van der Waals surface area contributed by atoms with Crippen LogP contribution in [0, 0.1) is 5.41 Å². The fraction of sp³-hybridized carbons (Fsp3) is 0.500. The van der Waals surface area contributed by atoms with E-state index in [0.29, 0.717) is 19.6 Å². The van der Waals surface area contributed by atoms with Crippen LogP contribution in [0.15, 0.2) is 35.4 Å². The molecule has 2 rings (SSSR count). The molecule has 1 amide bonds. The molecule has 4 nitrogen and oxygen atoms in total.